The van der Waals surface area contributed by atoms with Crippen molar-refractivity contribution in [1.29, 1.82) is 0 Å². The Morgan fingerprint density at radius 1 is 1.15 bits per heavy atom. The van der Waals surface area contributed by atoms with Crippen LogP contribution in [0.5, 0.6) is 0 Å². The first-order chi connectivity index (χ1) is 9.32. The third kappa shape index (κ3) is 5.98. The zero-order valence-electron chi connectivity index (χ0n) is 10.6. The van der Waals surface area contributed by atoms with E-state index in [0.29, 0.717) is 0 Å². The van der Waals surface area contributed by atoms with Gasteiger partial charge in [0.25, 0.3) is 0 Å². The van der Waals surface area contributed by atoms with Crippen molar-refractivity contribution in [2.75, 3.05) is 18.5 Å². The molecule has 20 heavy (non-hydrogen) atoms. The van der Waals surface area contributed by atoms with Gasteiger partial charge in [0.1, 0.15) is 0 Å². The van der Waals surface area contributed by atoms with Gasteiger partial charge in [-0.05, 0) is 21.2 Å². The molecule has 2 atom stereocenters. The average Bonchev–Trinajstić information content (AvgIpc) is 2.35. The van der Waals surface area contributed by atoms with Crippen molar-refractivity contribution in [3.05, 3.63) is 30.3 Å². The van der Waals surface area contributed by atoms with Gasteiger partial charge < -0.3 is 10.0 Å². The van der Waals surface area contributed by atoms with Gasteiger partial charge in [-0.2, -0.15) is 0 Å². The zero-order valence-corrected chi connectivity index (χ0v) is 12.4. The highest BCUT2D eigenvalue weighted by atomic mass is 31.1. The van der Waals surface area contributed by atoms with Crippen LogP contribution in [0.4, 0.5) is 5.69 Å². The molecular weight excluding hydrogens is 308 g/mol. The second-order valence-electron chi connectivity index (χ2n) is 3.88. The molecular formula is C10H15NO7P2+2. The standard InChI is InChI=1S/C10H13NO7P2/c1-11(9-5-3-2-4-6-9)8-7-10(12,17-19(13)14)18-20(15)16/h2-6,12H,7-8H2,1H3/p+2. The predicted molar refractivity (Wildman–Crippen MR) is 71.1 cm³/mol. The lowest BCUT2D eigenvalue weighted by Gasteiger charge is -2.22. The number of hydrogen-bond donors (Lipinski definition) is 3. The van der Waals surface area contributed by atoms with Gasteiger partial charge in [0.15, 0.2) is 0 Å². The maximum absolute atomic E-state index is 10.6. The zero-order chi connectivity index (χ0) is 15.2. The maximum atomic E-state index is 10.6. The lowest BCUT2D eigenvalue weighted by atomic mass is 10.2. The smallest absolute Gasteiger partial charge is 0.374 e. The Morgan fingerprint density at radius 2 is 1.65 bits per heavy atom. The second-order valence-corrected chi connectivity index (χ2v) is 5.19. The van der Waals surface area contributed by atoms with Crippen molar-refractivity contribution < 1.29 is 33.1 Å². The van der Waals surface area contributed by atoms with Crippen LogP contribution >= 0.6 is 16.5 Å². The third-order valence-corrected chi connectivity index (χ3v) is 3.28. The van der Waals surface area contributed by atoms with Crippen LogP contribution in [-0.2, 0) is 18.2 Å². The molecule has 0 heterocycles. The normalized spacial score (nSPS) is 15.4. The van der Waals surface area contributed by atoms with Crippen molar-refractivity contribution in [2.24, 2.45) is 0 Å². The number of anilines is 1. The van der Waals surface area contributed by atoms with E-state index in [4.69, 9.17) is 9.79 Å². The summed E-state index contributed by atoms with van der Waals surface area (Å²) in [4.78, 5) is 19.0. The summed E-state index contributed by atoms with van der Waals surface area (Å²) in [6.45, 7) is 0.160. The van der Waals surface area contributed by atoms with Crippen LogP contribution in [0.2, 0.25) is 0 Å². The van der Waals surface area contributed by atoms with Crippen LogP contribution in [0.3, 0.4) is 0 Å². The molecule has 3 N–H and O–H groups in total. The molecule has 0 aliphatic rings. The molecule has 2 unspecified atom stereocenters. The van der Waals surface area contributed by atoms with E-state index in [2.05, 4.69) is 9.05 Å². The number of aliphatic hydroxyl groups is 1. The molecule has 0 saturated carbocycles. The van der Waals surface area contributed by atoms with Gasteiger partial charge in [-0.15, -0.1) is 9.79 Å². The van der Waals surface area contributed by atoms with Gasteiger partial charge in [0.2, 0.25) is 0 Å². The van der Waals surface area contributed by atoms with E-state index in [9.17, 15) is 14.2 Å². The summed E-state index contributed by atoms with van der Waals surface area (Å²) in [7, 11) is -4.66. The minimum absolute atomic E-state index is 0.160. The van der Waals surface area contributed by atoms with Crippen LogP contribution in [0.1, 0.15) is 6.42 Å². The highest BCUT2D eigenvalue weighted by molar-refractivity contribution is 7.33. The minimum Gasteiger partial charge on any atom is -0.374 e. The first-order valence-electron chi connectivity index (χ1n) is 5.51. The number of hydrogen-bond acceptors (Lipinski definition) is 6. The highest BCUT2D eigenvalue weighted by Crippen LogP contribution is 2.35. The molecule has 0 aliphatic carbocycles. The largest absolute Gasteiger partial charge is 0.700 e. The van der Waals surface area contributed by atoms with E-state index < -0.39 is 22.5 Å². The third-order valence-electron chi connectivity index (χ3n) is 2.40. The molecule has 0 amide bonds. The Balaban J connectivity index is 2.66. The molecule has 10 heteroatoms. The van der Waals surface area contributed by atoms with E-state index >= 15 is 0 Å². The Morgan fingerprint density at radius 3 is 2.10 bits per heavy atom. The fourth-order valence-corrected chi connectivity index (χ4v) is 2.28. The molecule has 0 bridgehead atoms. The van der Waals surface area contributed by atoms with Crippen LogP contribution in [0, 0.1) is 0 Å². The highest BCUT2D eigenvalue weighted by Gasteiger charge is 2.47. The molecule has 0 aromatic heterocycles. The van der Waals surface area contributed by atoms with Crippen LogP contribution in [-0.4, -0.2) is 34.5 Å². The van der Waals surface area contributed by atoms with Gasteiger partial charge >= 0.3 is 22.5 Å². The second kappa shape index (κ2) is 7.71. The van der Waals surface area contributed by atoms with Gasteiger partial charge in [0, 0.05) is 28.4 Å². The first-order valence-corrected chi connectivity index (χ1v) is 7.77. The van der Waals surface area contributed by atoms with Crippen LogP contribution in [0.25, 0.3) is 0 Å². The van der Waals surface area contributed by atoms with Crippen LogP contribution in [0.15, 0.2) is 30.3 Å². The summed E-state index contributed by atoms with van der Waals surface area (Å²) >= 11 is 0. The van der Waals surface area contributed by atoms with Gasteiger partial charge in [-0.1, -0.05) is 18.2 Å². The van der Waals surface area contributed by atoms with E-state index in [1.165, 1.54) is 0 Å². The van der Waals surface area contributed by atoms with Gasteiger partial charge in [-0.3, -0.25) is 0 Å². The summed E-state index contributed by atoms with van der Waals surface area (Å²) in [6.07, 6.45) is -0.304. The first kappa shape index (κ1) is 17.1. The average molecular weight is 323 g/mol. The number of rotatable bonds is 8. The summed E-state index contributed by atoms with van der Waals surface area (Å²) in [5.41, 5.74) is 0.830. The Hall–Kier alpha value is -0.980. The van der Waals surface area contributed by atoms with E-state index in [1.807, 2.05) is 30.3 Å². The van der Waals surface area contributed by atoms with Crippen molar-refractivity contribution >= 4 is 22.2 Å². The fourth-order valence-electron chi connectivity index (χ4n) is 1.47. The monoisotopic (exact) mass is 323 g/mol. The number of nitrogens with zero attached hydrogens (tertiary/aromatic N) is 1. The van der Waals surface area contributed by atoms with Gasteiger partial charge in [0.05, 0.1) is 6.42 Å². The summed E-state index contributed by atoms with van der Waals surface area (Å²) in [5.74, 6) is -2.60. The van der Waals surface area contributed by atoms with E-state index in [0.717, 1.165) is 5.69 Å². The Labute approximate surface area is 117 Å². The molecule has 0 saturated heterocycles. The topological polar surface area (TPSA) is 117 Å². The van der Waals surface area contributed by atoms with Crippen LogP contribution < -0.4 is 4.90 Å². The molecule has 0 spiro atoms. The summed E-state index contributed by atoms with van der Waals surface area (Å²) in [6, 6.07) is 9.12. The minimum atomic E-state index is -3.19. The van der Waals surface area contributed by atoms with Crippen molar-refractivity contribution in [1.82, 2.24) is 0 Å². The molecule has 0 aliphatic heterocycles. The molecule has 0 radical (unpaired) electrons. The molecule has 0 fully saturated rings. The molecule has 110 valence electrons. The maximum Gasteiger partial charge on any atom is 0.700 e. The van der Waals surface area contributed by atoms with E-state index in [1.54, 1.807) is 11.9 Å². The quantitative estimate of drug-likeness (QED) is 0.487. The fraction of sp³-hybridized carbons (Fsp3) is 0.400. The molecule has 1 aromatic carbocycles. The lowest BCUT2D eigenvalue weighted by molar-refractivity contribution is -0.275. The van der Waals surface area contributed by atoms with Crippen molar-refractivity contribution in [3.8, 4) is 0 Å². The summed E-state index contributed by atoms with van der Waals surface area (Å²) in [5, 5.41) is 9.79. The predicted octanol–water partition coefficient (Wildman–Crippen LogP) is 1.49. The molecule has 8 nitrogen and oxygen atoms in total. The molecule has 1 rings (SSSR count). The Bertz CT molecular complexity index is 454. The SMILES string of the molecule is CN(CCC(O)(O[P+](=O)O)O[P+](=O)O)c1ccccc1. The van der Waals surface area contributed by atoms with Crippen molar-refractivity contribution in [2.45, 2.75) is 12.4 Å². The summed E-state index contributed by atoms with van der Waals surface area (Å²) < 4.78 is 29.7. The van der Waals surface area contributed by atoms with Gasteiger partial charge in [-0.25, -0.2) is 0 Å². The number of para-hydroxylation sites is 1. The van der Waals surface area contributed by atoms with E-state index in [-0.39, 0.29) is 13.0 Å². The lowest BCUT2D eigenvalue weighted by Crippen LogP contribution is -2.36. The Kier molecular flexibility index (Phi) is 6.58. The van der Waals surface area contributed by atoms with Crippen molar-refractivity contribution in [3.63, 3.8) is 0 Å². The molecule has 1 aromatic rings. The number of benzene rings is 1.